The molecule has 2 aliphatic rings. The van der Waals surface area contributed by atoms with E-state index in [1.807, 2.05) is 24.3 Å². The fourth-order valence-electron chi connectivity index (χ4n) is 6.83. The Labute approximate surface area is 261 Å². The Kier molecular flexibility index (Phi) is 8.38. The van der Waals surface area contributed by atoms with E-state index in [-0.39, 0.29) is 35.5 Å². The highest BCUT2D eigenvalue weighted by Gasteiger charge is 2.30. The molecule has 1 aromatic heterocycles. The van der Waals surface area contributed by atoms with Crippen LogP contribution in [0.1, 0.15) is 60.7 Å². The van der Waals surface area contributed by atoms with Crippen LogP contribution in [0, 0.1) is 0 Å². The molecule has 0 fully saturated rings. The average Bonchev–Trinajstić information content (AvgIpc) is 3.26. The maximum absolute atomic E-state index is 13.6. The zero-order valence-electron chi connectivity index (χ0n) is 26.0. The highest BCUT2D eigenvalue weighted by atomic mass is 16.5. The molecular weight excluding hydrogens is 572 g/mol. The van der Waals surface area contributed by atoms with Gasteiger partial charge in [0, 0.05) is 29.1 Å². The number of carbonyl (C=O) groups is 2. The van der Waals surface area contributed by atoms with Crippen molar-refractivity contribution in [3.63, 3.8) is 0 Å². The highest BCUT2D eigenvalue weighted by Crippen LogP contribution is 2.50. The van der Waals surface area contributed by atoms with Gasteiger partial charge in [0.05, 0.1) is 45.6 Å². The smallest absolute Gasteiger partial charge is 0.239 e. The summed E-state index contributed by atoms with van der Waals surface area (Å²) in [5.41, 5.74) is 6.45. The number of H-pyrrole nitrogens is 1. The van der Waals surface area contributed by atoms with Gasteiger partial charge in [-0.15, -0.1) is 0 Å². The molecule has 10 heteroatoms. The van der Waals surface area contributed by atoms with Gasteiger partial charge in [-0.1, -0.05) is 24.3 Å². The van der Waals surface area contributed by atoms with Crippen molar-refractivity contribution in [2.24, 2.45) is 0 Å². The summed E-state index contributed by atoms with van der Waals surface area (Å²) in [4.78, 5) is 42.5. The highest BCUT2D eigenvalue weighted by molar-refractivity contribution is 5.87. The van der Waals surface area contributed by atoms with E-state index in [0.29, 0.717) is 35.7 Å². The number of aryl methyl sites for hydroxylation is 2. The number of methoxy groups -OCH3 is 3. The normalized spacial score (nSPS) is 16.8. The van der Waals surface area contributed by atoms with Crippen LogP contribution in [-0.2, 0) is 22.4 Å². The third kappa shape index (κ3) is 5.68. The molecule has 234 valence electrons. The number of rotatable bonds is 8. The third-order valence-electron chi connectivity index (χ3n) is 8.81. The van der Waals surface area contributed by atoms with Crippen LogP contribution in [0.5, 0.6) is 17.2 Å². The summed E-state index contributed by atoms with van der Waals surface area (Å²) in [7, 11) is 4.68. The van der Waals surface area contributed by atoms with E-state index in [4.69, 9.17) is 14.2 Å². The molecule has 2 amide bonds. The summed E-state index contributed by atoms with van der Waals surface area (Å²) in [6.45, 7) is 1.39. The number of amides is 2. The van der Waals surface area contributed by atoms with E-state index in [0.717, 1.165) is 47.2 Å². The summed E-state index contributed by atoms with van der Waals surface area (Å²) in [6.07, 6.45) is 3.96. The molecule has 0 saturated heterocycles. The molecule has 0 saturated carbocycles. The lowest BCUT2D eigenvalue weighted by Gasteiger charge is -2.24. The molecular formula is C35H38N4O6. The number of nitrogens with one attached hydrogen (secondary N) is 4. The number of aromatic nitrogens is 1. The predicted molar refractivity (Wildman–Crippen MR) is 173 cm³/mol. The average molecular weight is 611 g/mol. The Balaban J connectivity index is 1.31. The van der Waals surface area contributed by atoms with E-state index >= 15 is 0 Å². The number of hydrogen-bond acceptors (Lipinski definition) is 7. The number of carbonyl (C=O) groups excluding carboxylic acids is 2. The fourth-order valence-corrected chi connectivity index (χ4v) is 6.83. The van der Waals surface area contributed by atoms with E-state index in [2.05, 4.69) is 33.1 Å². The molecule has 2 aliphatic carbocycles. The number of benzene rings is 2. The third-order valence-corrected chi connectivity index (χ3v) is 8.81. The van der Waals surface area contributed by atoms with Crippen molar-refractivity contribution in [1.82, 2.24) is 15.6 Å². The first-order valence-electron chi connectivity index (χ1n) is 15.2. The molecule has 0 bridgehead atoms. The number of para-hydroxylation sites is 1. The number of aromatic amines is 1. The van der Waals surface area contributed by atoms with Crippen LogP contribution in [-0.4, -0.2) is 44.7 Å². The Morgan fingerprint density at radius 3 is 2.47 bits per heavy atom. The molecule has 0 spiro atoms. The number of anilines is 1. The van der Waals surface area contributed by atoms with Crippen molar-refractivity contribution in [3.05, 3.63) is 81.1 Å². The van der Waals surface area contributed by atoms with E-state index in [1.54, 1.807) is 33.5 Å². The topological polar surface area (TPSA) is 131 Å². The van der Waals surface area contributed by atoms with Gasteiger partial charge in [0.1, 0.15) is 0 Å². The van der Waals surface area contributed by atoms with Crippen molar-refractivity contribution >= 4 is 28.4 Å². The predicted octanol–water partition coefficient (Wildman–Crippen LogP) is 4.95. The molecule has 2 atom stereocenters. The second-order valence-electron chi connectivity index (χ2n) is 11.5. The van der Waals surface area contributed by atoms with Gasteiger partial charge in [0.2, 0.25) is 23.0 Å². The molecule has 0 radical (unpaired) electrons. The minimum Gasteiger partial charge on any atom is -0.493 e. The summed E-state index contributed by atoms with van der Waals surface area (Å²) >= 11 is 0. The van der Waals surface area contributed by atoms with Gasteiger partial charge in [-0.3, -0.25) is 14.4 Å². The molecule has 4 aromatic rings. The molecule has 45 heavy (non-hydrogen) atoms. The summed E-state index contributed by atoms with van der Waals surface area (Å²) in [6, 6.07) is 14.6. The summed E-state index contributed by atoms with van der Waals surface area (Å²) in [5, 5.41) is 10.4. The standard InChI is InChI=1S/C35H38N4O6/c1-19(40)37-26-14-12-20-16-30(43-2)34(44-3)35(45-4)32(20)22-13-15-27(29(41)17-24(22)26)36-18-31(42)38-28-11-7-9-23-21-8-5-6-10-25(21)39-33(23)28/h5-6,8,10,13,15-17,26,28,39H,7,9,11-12,14,18H2,1-4H3,(H,36,41)(H,37,40)(H,38,42)/t26-,28?/m0/s1. The maximum atomic E-state index is 13.6. The fraction of sp³-hybridized carbons (Fsp3) is 0.343. The van der Waals surface area contributed by atoms with Crippen molar-refractivity contribution in [2.45, 2.75) is 51.1 Å². The minimum absolute atomic E-state index is 0.0734. The van der Waals surface area contributed by atoms with Crippen molar-refractivity contribution < 1.29 is 23.8 Å². The zero-order chi connectivity index (χ0) is 31.7. The lowest BCUT2D eigenvalue weighted by molar-refractivity contribution is -0.120. The van der Waals surface area contributed by atoms with Crippen LogP contribution in [0.15, 0.2) is 53.3 Å². The Hall–Kier alpha value is -4.99. The van der Waals surface area contributed by atoms with E-state index in [1.165, 1.54) is 17.9 Å². The zero-order valence-corrected chi connectivity index (χ0v) is 26.0. The molecule has 1 heterocycles. The summed E-state index contributed by atoms with van der Waals surface area (Å²) < 4.78 is 17.1. The molecule has 1 unspecified atom stereocenters. The van der Waals surface area contributed by atoms with Crippen LogP contribution in [0.3, 0.4) is 0 Å². The van der Waals surface area contributed by atoms with Crippen LogP contribution in [0.4, 0.5) is 5.69 Å². The first-order chi connectivity index (χ1) is 21.8. The van der Waals surface area contributed by atoms with Gasteiger partial charge >= 0.3 is 0 Å². The van der Waals surface area contributed by atoms with Gasteiger partial charge < -0.3 is 35.1 Å². The molecule has 0 aliphatic heterocycles. The first-order valence-corrected chi connectivity index (χ1v) is 15.2. The van der Waals surface area contributed by atoms with Crippen molar-refractivity contribution in [3.8, 4) is 28.4 Å². The minimum atomic E-state index is -0.417. The Morgan fingerprint density at radius 1 is 0.911 bits per heavy atom. The lowest BCUT2D eigenvalue weighted by Crippen LogP contribution is -2.35. The van der Waals surface area contributed by atoms with Gasteiger partial charge in [-0.25, -0.2) is 0 Å². The second-order valence-corrected chi connectivity index (χ2v) is 11.5. The quantitative estimate of drug-likeness (QED) is 0.222. The maximum Gasteiger partial charge on any atom is 0.239 e. The van der Waals surface area contributed by atoms with E-state index < -0.39 is 6.04 Å². The largest absolute Gasteiger partial charge is 0.493 e. The monoisotopic (exact) mass is 610 g/mol. The second kappa shape index (κ2) is 12.6. The molecule has 4 N–H and O–H groups in total. The number of fused-ring (bicyclic) bond motifs is 6. The van der Waals surface area contributed by atoms with Gasteiger partial charge in [0.25, 0.3) is 0 Å². The van der Waals surface area contributed by atoms with E-state index in [9.17, 15) is 14.4 Å². The molecule has 10 nitrogen and oxygen atoms in total. The van der Waals surface area contributed by atoms with Crippen molar-refractivity contribution in [1.29, 1.82) is 0 Å². The Bertz CT molecular complexity index is 1850. The lowest BCUT2D eigenvalue weighted by atomic mass is 9.91. The molecule has 3 aromatic carbocycles. The van der Waals surface area contributed by atoms with Crippen LogP contribution < -0.4 is 35.6 Å². The Morgan fingerprint density at radius 2 is 1.71 bits per heavy atom. The van der Waals surface area contributed by atoms with Crippen molar-refractivity contribution in [2.75, 3.05) is 33.2 Å². The number of ether oxygens (including phenoxy) is 3. The number of hydrogen-bond donors (Lipinski definition) is 4. The molecule has 6 rings (SSSR count). The van der Waals surface area contributed by atoms with Gasteiger partial charge in [-0.2, -0.15) is 0 Å². The van der Waals surface area contributed by atoms with Crippen LogP contribution in [0.25, 0.3) is 22.0 Å². The first kappa shape index (κ1) is 30.1. The van der Waals surface area contributed by atoms with Gasteiger partial charge in [0.15, 0.2) is 11.5 Å². The summed E-state index contributed by atoms with van der Waals surface area (Å²) in [5.74, 6) is 1.04. The van der Waals surface area contributed by atoms with Gasteiger partial charge in [-0.05, 0) is 78.6 Å². The van der Waals surface area contributed by atoms with Crippen LogP contribution in [0.2, 0.25) is 0 Å². The van der Waals surface area contributed by atoms with Crippen LogP contribution >= 0.6 is 0 Å². The SMILES string of the molecule is COc1cc2c(c(OC)c1OC)-c1ccc(NCC(=O)NC3CCCc4c3[nH]c3ccccc43)c(=O)cc1[C@@H](NC(C)=O)CC2.